The van der Waals surface area contributed by atoms with Crippen LogP contribution < -0.4 is 0 Å². The van der Waals surface area contributed by atoms with Crippen LogP contribution in [-0.4, -0.2) is 31.2 Å². The van der Waals surface area contributed by atoms with Crippen LogP contribution in [-0.2, 0) is 24.2 Å². The molecule has 0 aromatic carbocycles. The first-order valence-corrected chi connectivity index (χ1v) is 4.50. The summed E-state index contributed by atoms with van der Waals surface area (Å²) in [5.41, 5.74) is 0.506. The van der Waals surface area contributed by atoms with Gasteiger partial charge in [0.2, 0.25) is 0 Å². The molecule has 0 radical (unpaired) electrons. The third kappa shape index (κ3) is 7.63. The Morgan fingerprint density at radius 2 is 1.93 bits per heavy atom. The van der Waals surface area contributed by atoms with Gasteiger partial charge in [-0.05, 0) is 13.8 Å². The van der Waals surface area contributed by atoms with E-state index in [1.165, 1.54) is 7.11 Å². The Labute approximate surface area is 88.1 Å². The van der Waals surface area contributed by atoms with Crippen molar-refractivity contribution >= 4 is 17.5 Å². The minimum atomic E-state index is -0.702. The van der Waals surface area contributed by atoms with E-state index in [-0.39, 0.29) is 25.2 Å². The fourth-order valence-electron chi connectivity index (χ4n) is 0.851. The van der Waals surface area contributed by atoms with Crippen LogP contribution in [0.3, 0.4) is 0 Å². The van der Waals surface area contributed by atoms with Crippen LogP contribution in [0, 0.1) is 0 Å². The Morgan fingerprint density at radius 1 is 1.27 bits per heavy atom. The van der Waals surface area contributed by atoms with Crippen molar-refractivity contribution in [2.24, 2.45) is 5.16 Å². The lowest BCUT2D eigenvalue weighted by molar-refractivity contribution is -0.269. The van der Waals surface area contributed by atoms with Crippen molar-refractivity contribution in [1.29, 1.82) is 0 Å². The maximum Gasteiger partial charge on any atom is 0.349 e. The number of oxime groups is 1. The smallest absolute Gasteiger partial charge is 0.349 e. The minimum absolute atomic E-state index is 0.0645. The molecule has 0 N–H and O–H groups in total. The highest BCUT2D eigenvalue weighted by Crippen LogP contribution is 1.96. The highest BCUT2D eigenvalue weighted by molar-refractivity contribution is 6.06. The van der Waals surface area contributed by atoms with Crippen LogP contribution in [0.4, 0.5) is 0 Å². The number of nitrogens with zero attached hydrogens (tertiary/aromatic N) is 1. The van der Waals surface area contributed by atoms with Gasteiger partial charge in [0, 0.05) is 6.42 Å². The maximum absolute atomic E-state index is 11.2. The molecule has 0 spiro atoms. The van der Waals surface area contributed by atoms with E-state index in [9.17, 15) is 9.59 Å². The average molecular weight is 217 g/mol. The number of carbonyl (C=O) groups is 2. The normalized spacial score (nSPS) is 11.0. The van der Waals surface area contributed by atoms with Gasteiger partial charge >= 0.3 is 5.97 Å². The third-order valence-corrected chi connectivity index (χ3v) is 1.31. The molecule has 0 saturated carbocycles. The van der Waals surface area contributed by atoms with E-state index < -0.39 is 5.97 Å². The van der Waals surface area contributed by atoms with E-state index in [1.54, 1.807) is 13.8 Å². The summed E-state index contributed by atoms with van der Waals surface area (Å²) < 4.78 is 0. The standard InChI is InChI=1S/C9H15NO5/c1-4-14-15-9(12)6-8(11)5-7(2)10-13-3/h4-6H2,1-3H3. The quantitative estimate of drug-likeness (QED) is 0.273. The lowest BCUT2D eigenvalue weighted by Gasteiger charge is -2.00. The van der Waals surface area contributed by atoms with Crippen molar-refractivity contribution in [2.45, 2.75) is 26.7 Å². The van der Waals surface area contributed by atoms with Crippen molar-refractivity contribution in [1.82, 2.24) is 0 Å². The van der Waals surface area contributed by atoms with Crippen molar-refractivity contribution in [3.63, 3.8) is 0 Å². The molecular formula is C9H15NO5. The molecular weight excluding hydrogens is 202 g/mol. The SMILES string of the molecule is CCOOC(=O)CC(=O)CC(C)=NOC. The summed E-state index contributed by atoms with van der Waals surface area (Å²) >= 11 is 0. The maximum atomic E-state index is 11.2. The topological polar surface area (TPSA) is 74.2 Å². The van der Waals surface area contributed by atoms with Crippen molar-refractivity contribution in [3.05, 3.63) is 0 Å². The first kappa shape index (κ1) is 13.6. The number of Topliss-reactive ketones (excluding diaryl/α,β-unsaturated/α-hetero) is 1. The van der Waals surface area contributed by atoms with Gasteiger partial charge in [-0.3, -0.25) is 9.68 Å². The number of hydrogen-bond donors (Lipinski definition) is 0. The second kappa shape index (κ2) is 7.93. The van der Waals surface area contributed by atoms with Crippen LogP contribution in [0.25, 0.3) is 0 Å². The molecule has 0 atom stereocenters. The predicted molar refractivity (Wildman–Crippen MR) is 52.1 cm³/mol. The van der Waals surface area contributed by atoms with Crippen molar-refractivity contribution in [2.75, 3.05) is 13.7 Å². The lowest BCUT2D eigenvalue weighted by Crippen LogP contribution is -2.14. The van der Waals surface area contributed by atoms with Gasteiger partial charge in [0.25, 0.3) is 0 Å². The molecule has 0 saturated heterocycles. The van der Waals surface area contributed by atoms with Crippen LogP contribution in [0.1, 0.15) is 26.7 Å². The van der Waals surface area contributed by atoms with Gasteiger partial charge < -0.3 is 4.84 Å². The molecule has 0 rings (SSSR count). The number of rotatable bonds is 7. The molecule has 0 bridgehead atoms. The number of carbonyl (C=O) groups excluding carboxylic acids is 2. The van der Waals surface area contributed by atoms with Gasteiger partial charge in [0.15, 0.2) is 0 Å². The van der Waals surface area contributed by atoms with E-state index >= 15 is 0 Å². The molecule has 0 aliphatic carbocycles. The third-order valence-electron chi connectivity index (χ3n) is 1.31. The van der Waals surface area contributed by atoms with Crippen molar-refractivity contribution in [3.8, 4) is 0 Å². The summed E-state index contributed by atoms with van der Waals surface area (Å²) in [5.74, 6) is -0.995. The summed E-state index contributed by atoms with van der Waals surface area (Å²) in [7, 11) is 1.39. The summed E-state index contributed by atoms with van der Waals surface area (Å²) in [6.07, 6.45) is -0.258. The van der Waals surface area contributed by atoms with Crippen LogP contribution in [0.2, 0.25) is 0 Å². The number of ketones is 1. The van der Waals surface area contributed by atoms with E-state index in [4.69, 9.17) is 0 Å². The summed E-state index contributed by atoms with van der Waals surface area (Å²) in [4.78, 5) is 35.3. The fourth-order valence-corrected chi connectivity index (χ4v) is 0.851. The first-order chi connectivity index (χ1) is 7.10. The Kier molecular flexibility index (Phi) is 7.17. The Hall–Kier alpha value is -1.43. The Balaban J connectivity index is 3.83. The van der Waals surface area contributed by atoms with Crippen molar-refractivity contribution < 1.29 is 24.2 Å². The van der Waals surface area contributed by atoms with E-state index in [0.29, 0.717) is 5.71 Å². The molecule has 6 nitrogen and oxygen atoms in total. The molecule has 0 aromatic rings. The molecule has 86 valence electrons. The largest absolute Gasteiger partial charge is 0.399 e. The van der Waals surface area contributed by atoms with Gasteiger partial charge in [0.05, 0.1) is 12.3 Å². The van der Waals surface area contributed by atoms with Gasteiger partial charge in [0.1, 0.15) is 19.3 Å². The lowest BCUT2D eigenvalue weighted by atomic mass is 10.1. The predicted octanol–water partition coefficient (Wildman–Crippen LogP) is 0.853. The molecule has 0 fully saturated rings. The number of hydrogen-bond acceptors (Lipinski definition) is 6. The summed E-state index contributed by atoms with van der Waals surface area (Å²) in [6.45, 7) is 3.56. The zero-order chi connectivity index (χ0) is 11.7. The minimum Gasteiger partial charge on any atom is -0.399 e. The van der Waals surface area contributed by atoms with Crippen LogP contribution >= 0.6 is 0 Å². The first-order valence-electron chi connectivity index (χ1n) is 4.50. The highest BCUT2D eigenvalue weighted by Gasteiger charge is 2.12. The van der Waals surface area contributed by atoms with Gasteiger partial charge in [-0.1, -0.05) is 5.16 Å². The monoisotopic (exact) mass is 217 g/mol. The summed E-state index contributed by atoms with van der Waals surface area (Å²) in [6, 6.07) is 0. The molecule has 0 aliphatic rings. The average Bonchev–Trinajstić information content (AvgIpc) is 2.14. The molecule has 0 heterocycles. The highest BCUT2D eigenvalue weighted by atomic mass is 17.2. The molecule has 15 heavy (non-hydrogen) atoms. The Morgan fingerprint density at radius 3 is 2.47 bits per heavy atom. The summed E-state index contributed by atoms with van der Waals surface area (Å²) in [5, 5.41) is 3.55. The molecule has 0 aromatic heterocycles. The van der Waals surface area contributed by atoms with Crippen LogP contribution in [0.5, 0.6) is 0 Å². The molecule has 6 heteroatoms. The van der Waals surface area contributed by atoms with Gasteiger partial charge in [-0.25, -0.2) is 4.79 Å². The second-order valence-corrected chi connectivity index (χ2v) is 2.76. The van der Waals surface area contributed by atoms with Crippen LogP contribution in [0.15, 0.2) is 5.16 Å². The fraction of sp³-hybridized carbons (Fsp3) is 0.667. The molecule has 0 aliphatic heterocycles. The van der Waals surface area contributed by atoms with Gasteiger partial charge in [-0.2, -0.15) is 4.89 Å². The zero-order valence-electron chi connectivity index (χ0n) is 9.11. The zero-order valence-corrected chi connectivity index (χ0v) is 9.11. The molecule has 0 amide bonds. The van der Waals surface area contributed by atoms with E-state index in [2.05, 4.69) is 19.8 Å². The van der Waals surface area contributed by atoms with Gasteiger partial charge in [-0.15, -0.1) is 0 Å². The molecule has 0 unspecified atom stereocenters. The van der Waals surface area contributed by atoms with E-state index in [0.717, 1.165) is 0 Å². The van der Waals surface area contributed by atoms with E-state index in [1.807, 2.05) is 0 Å². The second-order valence-electron chi connectivity index (χ2n) is 2.76. The Bertz CT molecular complexity index is 249.